The van der Waals surface area contributed by atoms with Crippen LogP contribution >= 0.6 is 22.6 Å². The number of aromatic amines is 1. The monoisotopic (exact) mass is 420 g/mol. The van der Waals surface area contributed by atoms with Gasteiger partial charge in [0, 0.05) is 17.1 Å². The van der Waals surface area contributed by atoms with Gasteiger partial charge in [-0.15, -0.1) is 0 Å². The van der Waals surface area contributed by atoms with Crippen molar-refractivity contribution in [3.05, 3.63) is 40.4 Å². The summed E-state index contributed by atoms with van der Waals surface area (Å²) < 4.78 is 7.14. The van der Waals surface area contributed by atoms with Gasteiger partial charge >= 0.3 is 0 Å². The molecule has 2 N–H and O–H groups in total. The third-order valence-electron chi connectivity index (χ3n) is 4.14. The number of hydrogen-bond donors (Lipinski definition) is 2. The van der Waals surface area contributed by atoms with Gasteiger partial charge in [0.25, 0.3) is 0 Å². The Hall–Kier alpha value is -1.67. The minimum absolute atomic E-state index is 0.283. The quantitative estimate of drug-likeness (QED) is 0.638. The number of aromatic nitrogens is 3. The lowest BCUT2D eigenvalue weighted by Gasteiger charge is -2.23. The van der Waals surface area contributed by atoms with Crippen LogP contribution < -0.4 is 10.1 Å². The fraction of sp³-hybridized carbons (Fsp3) is 0.294. The molecule has 0 spiro atoms. The summed E-state index contributed by atoms with van der Waals surface area (Å²) in [6.45, 7) is 2.04. The van der Waals surface area contributed by atoms with Gasteiger partial charge < -0.3 is 10.1 Å². The molecule has 0 saturated carbocycles. The third-order valence-corrected chi connectivity index (χ3v) is 4.97. The Balaban J connectivity index is 1.62. The molecular formula is C17H17IN4O. The average Bonchev–Trinajstić information content (AvgIpc) is 2.97. The molecule has 0 atom stereocenters. The number of piperidine rings is 1. The van der Waals surface area contributed by atoms with Gasteiger partial charge in [-0.25, -0.2) is 0 Å². The summed E-state index contributed by atoms with van der Waals surface area (Å²) in [4.78, 5) is 4.35. The number of nitrogens with one attached hydrogen (secondary N) is 2. The second-order valence-electron chi connectivity index (χ2n) is 5.75. The average molecular weight is 420 g/mol. The van der Waals surface area contributed by atoms with Crippen LogP contribution in [0, 0.1) is 3.70 Å². The first kappa shape index (κ1) is 14.9. The summed E-state index contributed by atoms with van der Waals surface area (Å²) >= 11 is 2.27. The zero-order chi connectivity index (χ0) is 15.6. The molecule has 1 aliphatic heterocycles. The highest BCUT2D eigenvalue weighted by Crippen LogP contribution is 2.28. The van der Waals surface area contributed by atoms with Crippen LogP contribution in [0.4, 0.5) is 0 Å². The van der Waals surface area contributed by atoms with Gasteiger partial charge in [0.1, 0.15) is 15.6 Å². The number of halogens is 1. The Morgan fingerprint density at radius 2 is 1.96 bits per heavy atom. The van der Waals surface area contributed by atoms with Gasteiger partial charge in [-0.3, -0.25) is 10.1 Å². The van der Waals surface area contributed by atoms with Crippen LogP contribution in [0.2, 0.25) is 0 Å². The van der Waals surface area contributed by atoms with Crippen LogP contribution in [-0.2, 0) is 0 Å². The summed E-state index contributed by atoms with van der Waals surface area (Å²) in [5.41, 5.74) is 3.17. The Morgan fingerprint density at radius 1 is 1.09 bits per heavy atom. The van der Waals surface area contributed by atoms with Crippen LogP contribution in [0.1, 0.15) is 12.8 Å². The number of nitrogens with zero attached hydrogens (tertiary/aromatic N) is 2. The number of ether oxygens (including phenoxy) is 1. The first-order chi connectivity index (χ1) is 11.3. The summed E-state index contributed by atoms with van der Waals surface area (Å²) in [5, 5.41) is 11.8. The Kier molecular flexibility index (Phi) is 4.17. The normalized spacial score (nSPS) is 15.9. The van der Waals surface area contributed by atoms with E-state index in [0.717, 1.165) is 57.4 Å². The van der Waals surface area contributed by atoms with Crippen molar-refractivity contribution < 1.29 is 4.74 Å². The van der Waals surface area contributed by atoms with Crippen LogP contribution in [0.25, 0.3) is 22.0 Å². The predicted molar refractivity (Wildman–Crippen MR) is 98.6 cm³/mol. The number of rotatable bonds is 3. The SMILES string of the molecule is Ic1[nH]nc2ccc(-c3cncc(OC4CCNCC4)c3)cc12. The molecule has 0 amide bonds. The molecule has 1 aliphatic rings. The predicted octanol–water partition coefficient (Wildman–Crippen LogP) is 3.36. The molecule has 6 heteroatoms. The molecule has 0 radical (unpaired) electrons. The molecule has 2 aromatic heterocycles. The molecule has 4 rings (SSSR count). The molecule has 23 heavy (non-hydrogen) atoms. The fourth-order valence-corrected chi connectivity index (χ4v) is 3.46. The van der Waals surface area contributed by atoms with Gasteiger partial charge in [-0.1, -0.05) is 6.07 Å². The minimum Gasteiger partial charge on any atom is -0.489 e. The minimum atomic E-state index is 0.283. The van der Waals surface area contributed by atoms with Crippen molar-refractivity contribution in [1.82, 2.24) is 20.5 Å². The van der Waals surface area contributed by atoms with E-state index in [1.165, 1.54) is 0 Å². The first-order valence-electron chi connectivity index (χ1n) is 7.76. The number of hydrogen-bond acceptors (Lipinski definition) is 4. The van der Waals surface area contributed by atoms with E-state index in [2.05, 4.69) is 61.3 Å². The third kappa shape index (κ3) is 3.18. The molecule has 1 aromatic carbocycles. The van der Waals surface area contributed by atoms with Gasteiger partial charge in [0.05, 0.1) is 11.7 Å². The Labute approximate surface area is 148 Å². The van der Waals surface area contributed by atoms with Gasteiger partial charge in [-0.05, 0) is 72.3 Å². The molecule has 0 unspecified atom stereocenters. The van der Waals surface area contributed by atoms with Crippen molar-refractivity contribution in [2.75, 3.05) is 13.1 Å². The lowest BCUT2D eigenvalue weighted by molar-refractivity contribution is 0.162. The number of pyridine rings is 1. The zero-order valence-corrected chi connectivity index (χ0v) is 14.7. The van der Waals surface area contributed by atoms with Crippen LogP contribution in [0.15, 0.2) is 36.7 Å². The maximum Gasteiger partial charge on any atom is 0.138 e. The van der Waals surface area contributed by atoms with Gasteiger partial charge in [0.15, 0.2) is 0 Å². The van der Waals surface area contributed by atoms with E-state index < -0.39 is 0 Å². The van der Waals surface area contributed by atoms with Crippen molar-refractivity contribution >= 4 is 33.5 Å². The molecule has 1 fully saturated rings. The standard InChI is InChI=1S/C17H17IN4O/c18-17-15-8-11(1-2-16(15)21-22-17)12-7-14(10-20-9-12)23-13-3-5-19-6-4-13/h1-2,7-10,13,19H,3-6H2,(H,21,22). The van der Waals surface area contributed by atoms with Crippen LogP contribution in [0.5, 0.6) is 5.75 Å². The largest absolute Gasteiger partial charge is 0.489 e. The van der Waals surface area contributed by atoms with E-state index in [1.807, 2.05) is 12.3 Å². The number of fused-ring (bicyclic) bond motifs is 1. The summed E-state index contributed by atoms with van der Waals surface area (Å²) in [5.74, 6) is 0.844. The summed E-state index contributed by atoms with van der Waals surface area (Å²) in [6.07, 6.45) is 6.05. The van der Waals surface area contributed by atoms with E-state index in [9.17, 15) is 0 Å². The van der Waals surface area contributed by atoms with Crippen molar-refractivity contribution in [2.45, 2.75) is 18.9 Å². The van der Waals surface area contributed by atoms with Gasteiger partial charge in [-0.2, -0.15) is 5.10 Å². The van der Waals surface area contributed by atoms with Crippen LogP contribution in [0.3, 0.4) is 0 Å². The fourth-order valence-electron chi connectivity index (χ4n) is 2.91. The second-order valence-corrected chi connectivity index (χ2v) is 6.82. The Morgan fingerprint density at radius 3 is 2.83 bits per heavy atom. The maximum atomic E-state index is 6.09. The lowest BCUT2D eigenvalue weighted by Crippen LogP contribution is -2.34. The summed E-state index contributed by atoms with van der Waals surface area (Å²) in [6, 6.07) is 8.32. The molecule has 1 saturated heterocycles. The highest BCUT2D eigenvalue weighted by Gasteiger charge is 2.15. The molecule has 118 valence electrons. The molecular weight excluding hydrogens is 403 g/mol. The highest BCUT2D eigenvalue weighted by atomic mass is 127. The zero-order valence-electron chi connectivity index (χ0n) is 12.6. The van der Waals surface area contributed by atoms with Crippen molar-refractivity contribution in [2.24, 2.45) is 0 Å². The Bertz CT molecular complexity index is 826. The summed E-state index contributed by atoms with van der Waals surface area (Å²) in [7, 11) is 0. The van der Waals surface area contributed by atoms with Crippen LogP contribution in [-0.4, -0.2) is 34.4 Å². The molecule has 0 bridgehead atoms. The lowest BCUT2D eigenvalue weighted by atomic mass is 10.1. The van der Waals surface area contributed by atoms with E-state index in [0.29, 0.717) is 0 Å². The van der Waals surface area contributed by atoms with E-state index in [4.69, 9.17) is 4.74 Å². The maximum absolute atomic E-state index is 6.09. The number of H-pyrrole nitrogens is 1. The topological polar surface area (TPSA) is 62.8 Å². The molecule has 3 heterocycles. The van der Waals surface area contributed by atoms with Crippen molar-refractivity contribution in [1.29, 1.82) is 0 Å². The molecule has 5 nitrogen and oxygen atoms in total. The van der Waals surface area contributed by atoms with E-state index >= 15 is 0 Å². The van der Waals surface area contributed by atoms with Gasteiger partial charge in [0.2, 0.25) is 0 Å². The first-order valence-corrected chi connectivity index (χ1v) is 8.84. The smallest absolute Gasteiger partial charge is 0.138 e. The molecule has 3 aromatic rings. The second kappa shape index (κ2) is 6.45. The highest BCUT2D eigenvalue weighted by molar-refractivity contribution is 14.1. The van der Waals surface area contributed by atoms with Crippen molar-refractivity contribution in [3.8, 4) is 16.9 Å². The van der Waals surface area contributed by atoms with E-state index in [1.54, 1.807) is 6.20 Å². The number of benzene rings is 1. The molecule has 0 aliphatic carbocycles. The van der Waals surface area contributed by atoms with Crippen molar-refractivity contribution in [3.63, 3.8) is 0 Å². The van der Waals surface area contributed by atoms with E-state index in [-0.39, 0.29) is 6.10 Å².